The second kappa shape index (κ2) is 9.82. The van der Waals surface area contributed by atoms with E-state index in [4.69, 9.17) is 0 Å². The van der Waals surface area contributed by atoms with Crippen LogP contribution in [0.15, 0.2) is 29.4 Å². The van der Waals surface area contributed by atoms with E-state index in [0.29, 0.717) is 43.6 Å². The molecular formula is C22H32N6O2S. The van der Waals surface area contributed by atoms with Gasteiger partial charge in [-0.05, 0) is 52.3 Å². The Bertz CT molecular complexity index is 928. The molecule has 2 aromatic rings. The SMILES string of the molecule is Cc1cccc(-n2c(C)nnc2SCC(=O)N2CCN(CC(=O)NC(C)(C)C)CC2)c1. The fourth-order valence-corrected chi connectivity index (χ4v) is 4.43. The molecule has 9 heteroatoms. The Hall–Kier alpha value is -2.39. The van der Waals surface area contributed by atoms with Crippen LogP contribution < -0.4 is 5.32 Å². The van der Waals surface area contributed by atoms with Gasteiger partial charge in [-0.15, -0.1) is 10.2 Å². The molecule has 31 heavy (non-hydrogen) atoms. The normalized spacial score (nSPS) is 15.2. The number of carbonyl (C=O) groups is 2. The number of benzene rings is 1. The maximum Gasteiger partial charge on any atom is 0.234 e. The van der Waals surface area contributed by atoms with Crippen LogP contribution in [-0.4, -0.2) is 80.4 Å². The van der Waals surface area contributed by atoms with E-state index in [0.717, 1.165) is 17.1 Å². The molecule has 1 aromatic carbocycles. The number of aromatic nitrogens is 3. The molecule has 0 atom stereocenters. The molecule has 1 fully saturated rings. The van der Waals surface area contributed by atoms with E-state index in [1.54, 1.807) is 0 Å². The second-order valence-corrected chi connectivity index (χ2v) is 9.89. The van der Waals surface area contributed by atoms with Gasteiger partial charge >= 0.3 is 0 Å². The zero-order chi connectivity index (χ0) is 22.6. The number of nitrogens with one attached hydrogen (secondary N) is 1. The van der Waals surface area contributed by atoms with Crippen molar-refractivity contribution in [1.82, 2.24) is 29.9 Å². The number of carbonyl (C=O) groups excluding carboxylic acids is 2. The minimum Gasteiger partial charge on any atom is -0.350 e. The van der Waals surface area contributed by atoms with E-state index in [1.165, 1.54) is 11.8 Å². The quantitative estimate of drug-likeness (QED) is 0.687. The zero-order valence-electron chi connectivity index (χ0n) is 19.0. The number of piperazine rings is 1. The summed E-state index contributed by atoms with van der Waals surface area (Å²) in [6, 6.07) is 8.15. The summed E-state index contributed by atoms with van der Waals surface area (Å²) >= 11 is 1.41. The first-order chi connectivity index (χ1) is 14.6. The van der Waals surface area contributed by atoms with Crippen LogP contribution in [0.5, 0.6) is 0 Å². The van der Waals surface area contributed by atoms with Gasteiger partial charge in [0.05, 0.1) is 12.3 Å². The van der Waals surface area contributed by atoms with Crippen LogP contribution in [0.4, 0.5) is 0 Å². The highest BCUT2D eigenvalue weighted by molar-refractivity contribution is 7.99. The molecule has 0 radical (unpaired) electrons. The first-order valence-electron chi connectivity index (χ1n) is 10.6. The lowest BCUT2D eigenvalue weighted by atomic mass is 10.1. The average Bonchev–Trinajstić information content (AvgIpc) is 3.05. The molecule has 2 amide bonds. The molecule has 168 valence electrons. The van der Waals surface area contributed by atoms with Crippen molar-refractivity contribution in [1.29, 1.82) is 0 Å². The van der Waals surface area contributed by atoms with Crippen LogP contribution in [0.2, 0.25) is 0 Å². The number of rotatable bonds is 6. The Labute approximate surface area is 188 Å². The summed E-state index contributed by atoms with van der Waals surface area (Å²) in [6.07, 6.45) is 0. The Balaban J connectivity index is 1.51. The van der Waals surface area contributed by atoms with Crippen LogP contribution in [0.3, 0.4) is 0 Å². The second-order valence-electron chi connectivity index (χ2n) is 8.95. The molecule has 1 aliphatic rings. The Morgan fingerprint density at radius 3 is 2.45 bits per heavy atom. The van der Waals surface area contributed by atoms with E-state index >= 15 is 0 Å². The van der Waals surface area contributed by atoms with E-state index in [1.807, 2.05) is 62.3 Å². The summed E-state index contributed by atoms with van der Waals surface area (Å²) in [7, 11) is 0. The van der Waals surface area contributed by atoms with Gasteiger partial charge in [0.2, 0.25) is 11.8 Å². The van der Waals surface area contributed by atoms with Crippen molar-refractivity contribution < 1.29 is 9.59 Å². The number of aryl methyl sites for hydroxylation is 2. The summed E-state index contributed by atoms with van der Waals surface area (Å²) in [6.45, 7) is 12.9. The fourth-order valence-electron chi connectivity index (χ4n) is 3.53. The van der Waals surface area contributed by atoms with Crippen molar-refractivity contribution in [2.45, 2.75) is 45.3 Å². The largest absolute Gasteiger partial charge is 0.350 e. The summed E-state index contributed by atoms with van der Waals surface area (Å²) in [5.41, 5.74) is 1.93. The van der Waals surface area contributed by atoms with Gasteiger partial charge < -0.3 is 10.2 Å². The molecule has 0 bridgehead atoms. The highest BCUT2D eigenvalue weighted by atomic mass is 32.2. The maximum atomic E-state index is 12.7. The number of nitrogens with zero attached hydrogens (tertiary/aromatic N) is 5. The molecule has 8 nitrogen and oxygen atoms in total. The van der Waals surface area contributed by atoms with Crippen LogP contribution in [0.1, 0.15) is 32.2 Å². The van der Waals surface area contributed by atoms with E-state index in [9.17, 15) is 9.59 Å². The minimum atomic E-state index is -0.233. The van der Waals surface area contributed by atoms with Crippen molar-refractivity contribution in [2.75, 3.05) is 38.5 Å². The van der Waals surface area contributed by atoms with Crippen LogP contribution in [0.25, 0.3) is 5.69 Å². The van der Waals surface area contributed by atoms with E-state index < -0.39 is 0 Å². The van der Waals surface area contributed by atoms with Crippen molar-refractivity contribution in [3.8, 4) is 5.69 Å². The van der Waals surface area contributed by atoms with Gasteiger partial charge in [0.1, 0.15) is 5.82 Å². The monoisotopic (exact) mass is 444 g/mol. The maximum absolute atomic E-state index is 12.7. The lowest BCUT2D eigenvalue weighted by Gasteiger charge is -2.34. The van der Waals surface area contributed by atoms with Crippen molar-refractivity contribution >= 4 is 23.6 Å². The first-order valence-corrected chi connectivity index (χ1v) is 11.5. The van der Waals surface area contributed by atoms with Gasteiger partial charge in [-0.3, -0.25) is 19.1 Å². The topological polar surface area (TPSA) is 83.4 Å². The summed E-state index contributed by atoms with van der Waals surface area (Å²) in [4.78, 5) is 28.8. The van der Waals surface area contributed by atoms with Crippen molar-refractivity contribution in [2.24, 2.45) is 0 Å². The third-order valence-corrected chi connectivity index (χ3v) is 5.90. The Kier molecular flexibility index (Phi) is 7.38. The van der Waals surface area contributed by atoms with Gasteiger partial charge in [0.25, 0.3) is 0 Å². The Morgan fingerprint density at radius 1 is 1.10 bits per heavy atom. The number of amides is 2. The van der Waals surface area contributed by atoms with Crippen molar-refractivity contribution in [3.05, 3.63) is 35.7 Å². The molecule has 2 heterocycles. The van der Waals surface area contributed by atoms with Crippen LogP contribution >= 0.6 is 11.8 Å². The highest BCUT2D eigenvalue weighted by Crippen LogP contribution is 2.23. The number of hydrogen-bond acceptors (Lipinski definition) is 6. The lowest BCUT2D eigenvalue weighted by molar-refractivity contribution is -0.130. The van der Waals surface area contributed by atoms with Gasteiger partial charge in [-0.25, -0.2) is 0 Å². The van der Waals surface area contributed by atoms with Crippen LogP contribution in [-0.2, 0) is 9.59 Å². The standard InChI is InChI=1S/C22H32N6O2S/c1-16-7-6-8-18(13-16)28-17(2)24-25-21(28)31-15-20(30)27-11-9-26(10-12-27)14-19(29)23-22(3,4)5/h6-8,13H,9-12,14-15H2,1-5H3,(H,23,29). The predicted octanol–water partition coefficient (Wildman–Crippen LogP) is 2.04. The molecule has 0 spiro atoms. The smallest absolute Gasteiger partial charge is 0.234 e. The zero-order valence-corrected chi connectivity index (χ0v) is 19.8. The van der Waals surface area contributed by atoms with Crippen LogP contribution in [0, 0.1) is 13.8 Å². The third kappa shape index (κ3) is 6.54. The van der Waals surface area contributed by atoms with Gasteiger partial charge in [-0.1, -0.05) is 23.9 Å². The summed E-state index contributed by atoms with van der Waals surface area (Å²) < 4.78 is 1.98. The van der Waals surface area contributed by atoms with Crippen molar-refractivity contribution in [3.63, 3.8) is 0 Å². The van der Waals surface area contributed by atoms with Gasteiger partial charge in [0, 0.05) is 37.4 Å². The highest BCUT2D eigenvalue weighted by Gasteiger charge is 2.24. The molecule has 1 aliphatic heterocycles. The lowest BCUT2D eigenvalue weighted by Crippen LogP contribution is -2.53. The minimum absolute atomic E-state index is 0.0219. The molecule has 1 aromatic heterocycles. The predicted molar refractivity (Wildman–Crippen MR) is 122 cm³/mol. The van der Waals surface area contributed by atoms with Gasteiger partial charge in [-0.2, -0.15) is 0 Å². The molecule has 0 saturated carbocycles. The third-order valence-electron chi connectivity index (χ3n) is 4.99. The van der Waals surface area contributed by atoms with E-state index in [-0.39, 0.29) is 17.4 Å². The number of hydrogen-bond donors (Lipinski definition) is 1. The first kappa shape index (κ1) is 23.3. The molecule has 1 saturated heterocycles. The molecular weight excluding hydrogens is 412 g/mol. The molecule has 3 rings (SSSR count). The fraction of sp³-hybridized carbons (Fsp3) is 0.545. The Morgan fingerprint density at radius 2 is 1.81 bits per heavy atom. The molecule has 0 unspecified atom stereocenters. The molecule has 0 aliphatic carbocycles. The number of thioether (sulfide) groups is 1. The summed E-state index contributed by atoms with van der Waals surface area (Å²) in [5, 5.41) is 12.2. The molecule has 1 N–H and O–H groups in total. The summed E-state index contributed by atoms with van der Waals surface area (Å²) in [5.74, 6) is 1.21. The average molecular weight is 445 g/mol. The van der Waals surface area contributed by atoms with Gasteiger partial charge in [0.15, 0.2) is 5.16 Å². The van der Waals surface area contributed by atoms with E-state index in [2.05, 4.69) is 26.5 Å².